The molecule has 0 unspecified atom stereocenters. The lowest BCUT2D eigenvalue weighted by Crippen LogP contribution is -2.27. The summed E-state index contributed by atoms with van der Waals surface area (Å²) in [4.78, 5) is 19.6. The number of pyridine rings is 1. The number of nitrogens with zero attached hydrogens (tertiary/aromatic N) is 3. The Labute approximate surface area is 192 Å². The highest BCUT2D eigenvalue weighted by molar-refractivity contribution is 7.74. The molecule has 0 bridgehead atoms. The predicted octanol–water partition coefficient (Wildman–Crippen LogP) is 3.99. The van der Waals surface area contributed by atoms with Crippen molar-refractivity contribution < 1.29 is 17.6 Å². The van der Waals surface area contributed by atoms with Gasteiger partial charge in [0.05, 0.1) is 17.2 Å². The number of anilines is 2. The molecule has 0 radical (unpaired) electrons. The van der Waals surface area contributed by atoms with Crippen molar-refractivity contribution in [3.8, 4) is 17.2 Å². The van der Waals surface area contributed by atoms with E-state index in [1.54, 1.807) is 38.2 Å². The van der Waals surface area contributed by atoms with Gasteiger partial charge in [0.2, 0.25) is 16.8 Å². The van der Waals surface area contributed by atoms with Gasteiger partial charge in [0.1, 0.15) is 17.3 Å². The van der Waals surface area contributed by atoms with E-state index in [4.69, 9.17) is 0 Å². The Kier molecular flexibility index (Phi) is 6.08. The van der Waals surface area contributed by atoms with Crippen molar-refractivity contribution in [2.75, 3.05) is 16.2 Å². The number of nitriles is 1. The van der Waals surface area contributed by atoms with E-state index in [1.807, 2.05) is 0 Å². The van der Waals surface area contributed by atoms with Crippen LogP contribution in [0, 0.1) is 28.5 Å². The molecule has 0 spiro atoms. The van der Waals surface area contributed by atoms with Crippen LogP contribution in [-0.4, -0.2) is 30.8 Å². The third-order valence-corrected chi connectivity index (χ3v) is 6.52. The molecule has 0 atom stereocenters. The third kappa shape index (κ3) is 4.98. The number of aromatic nitrogens is 2. The van der Waals surface area contributed by atoms with Crippen LogP contribution < -0.4 is 9.62 Å². The quantitative estimate of drug-likeness (QED) is 0.431. The maximum atomic E-state index is 15.1. The Morgan fingerprint density at radius 2 is 2.09 bits per heavy atom. The summed E-state index contributed by atoms with van der Waals surface area (Å²) >= 11 is 0. The van der Waals surface area contributed by atoms with Crippen molar-refractivity contribution in [3.05, 3.63) is 42.3 Å². The molecule has 2 N–H and O–H groups in total. The van der Waals surface area contributed by atoms with Crippen LogP contribution in [0.1, 0.15) is 33.1 Å². The SMILES string of the molecule is CC(C)(C#N)CCN(c1ccc(-c2cc(NC(=O)C3CC3)nc3[nH]ccc23)cc1F)[SH](=O)=O. The summed E-state index contributed by atoms with van der Waals surface area (Å²) in [7, 11) is -3.09. The third-order valence-electron chi connectivity index (χ3n) is 5.71. The van der Waals surface area contributed by atoms with Crippen LogP contribution in [0.5, 0.6) is 0 Å². The molecule has 2 heterocycles. The van der Waals surface area contributed by atoms with Gasteiger partial charge in [-0.3, -0.25) is 9.10 Å². The van der Waals surface area contributed by atoms with E-state index in [0.29, 0.717) is 22.6 Å². The minimum atomic E-state index is -3.09. The zero-order valence-corrected chi connectivity index (χ0v) is 19.2. The summed E-state index contributed by atoms with van der Waals surface area (Å²) in [6.45, 7) is 3.39. The number of hydrogen-bond acceptors (Lipinski definition) is 5. The highest BCUT2D eigenvalue weighted by atomic mass is 32.2. The molecule has 1 aliphatic rings. The molecule has 1 aromatic carbocycles. The van der Waals surface area contributed by atoms with Crippen LogP contribution in [0.2, 0.25) is 0 Å². The number of carbonyl (C=O) groups excluding carboxylic acids is 1. The van der Waals surface area contributed by atoms with E-state index in [9.17, 15) is 18.5 Å². The molecule has 172 valence electrons. The molecule has 0 saturated heterocycles. The number of benzene rings is 1. The molecule has 2 aromatic heterocycles. The highest BCUT2D eigenvalue weighted by Crippen LogP contribution is 2.34. The number of hydrogen-bond donors (Lipinski definition) is 3. The Hall–Kier alpha value is -3.45. The second-order valence-corrected chi connectivity index (χ2v) is 9.79. The summed E-state index contributed by atoms with van der Waals surface area (Å²) in [5.74, 6) is -0.414. The lowest BCUT2D eigenvalue weighted by Gasteiger charge is -2.23. The molecular weight excluding hydrogens is 445 g/mol. The van der Waals surface area contributed by atoms with Gasteiger partial charge in [0, 0.05) is 24.0 Å². The maximum Gasteiger partial charge on any atom is 0.228 e. The van der Waals surface area contributed by atoms with Crippen molar-refractivity contribution in [2.24, 2.45) is 11.3 Å². The number of H-pyrrole nitrogens is 1. The van der Waals surface area contributed by atoms with Gasteiger partial charge in [-0.1, -0.05) is 6.07 Å². The van der Waals surface area contributed by atoms with Gasteiger partial charge in [0.25, 0.3) is 0 Å². The van der Waals surface area contributed by atoms with Gasteiger partial charge in [-0.2, -0.15) is 5.26 Å². The number of carbonyl (C=O) groups is 1. The molecular formula is C23H24FN5O3S. The molecule has 3 aromatic rings. The van der Waals surface area contributed by atoms with Gasteiger partial charge in [-0.25, -0.2) is 17.8 Å². The zero-order chi connectivity index (χ0) is 23.8. The monoisotopic (exact) mass is 469 g/mol. The van der Waals surface area contributed by atoms with Gasteiger partial charge in [-0.05, 0) is 68.5 Å². The second kappa shape index (κ2) is 8.83. The molecule has 1 amide bonds. The first-order valence-electron chi connectivity index (χ1n) is 10.6. The van der Waals surface area contributed by atoms with Gasteiger partial charge >= 0.3 is 0 Å². The number of nitrogens with one attached hydrogen (secondary N) is 2. The minimum Gasteiger partial charge on any atom is -0.346 e. The van der Waals surface area contributed by atoms with Crippen LogP contribution in [0.25, 0.3) is 22.2 Å². The summed E-state index contributed by atoms with van der Waals surface area (Å²) < 4.78 is 39.7. The Balaban J connectivity index is 1.68. The largest absolute Gasteiger partial charge is 0.346 e. The number of aromatic amines is 1. The zero-order valence-electron chi connectivity index (χ0n) is 18.3. The predicted molar refractivity (Wildman–Crippen MR) is 125 cm³/mol. The average Bonchev–Trinajstić information content (AvgIpc) is 3.52. The number of halogens is 1. The molecule has 10 heteroatoms. The second-order valence-electron chi connectivity index (χ2n) is 8.83. The van der Waals surface area contributed by atoms with E-state index < -0.39 is 22.1 Å². The first kappa shape index (κ1) is 22.7. The Morgan fingerprint density at radius 3 is 2.73 bits per heavy atom. The number of amides is 1. The number of thiol groups is 1. The molecule has 4 rings (SSSR count). The average molecular weight is 470 g/mol. The van der Waals surface area contributed by atoms with Gasteiger partial charge in [-0.15, -0.1) is 0 Å². The van der Waals surface area contributed by atoms with Crippen LogP contribution >= 0.6 is 0 Å². The molecule has 1 aliphatic carbocycles. The lowest BCUT2D eigenvalue weighted by molar-refractivity contribution is -0.117. The van der Waals surface area contributed by atoms with Crippen LogP contribution in [0.3, 0.4) is 0 Å². The van der Waals surface area contributed by atoms with E-state index in [-0.39, 0.29) is 30.5 Å². The first-order chi connectivity index (χ1) is 15.7. The fraction of sp³-hybridized carbons (Fsp3) is 0.348. The standard InChI is InChI=1S/C23H24FN5O3S/c1-23(2,13-25)8-10-29(33(31)32)19-6-5-15(11-18(19)24)17-12-20(28-22(30)14-3-4-14)27-21-16(17)7-9-26-21/h5-7,9,11-12,14,33H,3-4,8,10H2,1-2H3,(H2,26,27,28,30). The van der Waals surface area contributed by atoms with Crippen LogP contribution in [-0.2, 0) is 15.7 Å². The maximum absolute atomic E-state index is 15.1. The molecule has 1 saturated carbocycles. The fourth-order valence-corrected chi connectivity index (χ4v) is 4.13. The van der Waals surface area contributed by atoms with Gasteiger partial charge < -0.3 is 10.3 Å². The van der Waals surface area contributed by atoms with Crippen LogP contribution in [0.4, 0.5) is 15.9 Å². The van der Waals surface area contributed by atoms with E-state index in [2.05, 4.69) is 21.4 Å². The van der Waals surface area contributed by atoms with E-state index >= 15 is 4.39 Å². The number of rotatable bonds is 8. The van der Waals surface area contributed by atoms with Crippen molar-refractivity contribution in [3.63, 3.8) is 0 Å². The van der Waals surface area contributed by atoms with Crippen molar-refractivity contribution in [2.45, 2.75) is 33.1 Å². The Morgan fingerprint density at radius 1 is 1.33 bits per heavy atom. The van der Waals surface area contributed by atoms with E-state index in [1.165, 1.54) is 12.1 Å². The first-order valence-corrected chi connectivity index (χ1v) is 11.7. The van der Waals surface area contributed by atoms with E-state index in [0.717, 1.165) is 22.5 Å². The molecule has 33 heavy (non-hydrogen) atoms. The molecule has 1 fully saturated rings. The lowest BCUT2D eigenvalue weighted by atomic mass is 9.91. The topological polar surface area (TPSA) is 119 Å². The fourth-order valence-electron chi connectivity index (χ4n) is 3.53. The Bertz CT molecular complexity index is 1330. The molecule has 0 aliphatic heterocycles. The number of fused-ring (bicyclic) bond motifs is 1. The van der Waals surface area contributed by atoms with Crippen molar-refractivity contribution >= 4 is 39.3 Å². The summed E-state index contributed by atoms with van der Waals surface area (Å²) in [5.41, 5.74) is 0.902. The van der Waals surface area contributed by atoms with Crippen molar-refractivity contribution in [1.29, 1.82) is 5.26 Å². The smallest absolute Gasteiger partial charge is 0.228 e. The highest BCUT2D eigenvalue weighted by Gasteiger charge is 2.30. The van der Waals surface area contributed by atoms with Crippen LogP contribution in [0.15, 0.2) is 36.5 Å². The summed E-state index contributed by atoms with van der Waals surface area (Å²) in [6, 6.07) is 9.93. The van der Waals surface area contributed by atoms with Crippen molar-refractivity contribution in [1.82, 2.24) is 9.97 Å². The molecule has 8 nitrogen and oxygen atoms in total. The normalized spacial score (nSPS) is 13.8. The summed E-state index contributed by atoms with van der Waals surface area (Å²) in [6.07, 6.45) is 3.69. The van der Waals surface area contributed by atoms with Gasteiger partial charge in [0.15, 0.2) is 0 Å². The minimum absolute atomic E-state index is 0.00973. The summed E-state index contributed by atoms with van der Waals surface area (Å²) in [5, 5.41) is 12.7.